The van der Waals surface area contributed by atoms with Crippen molar-refractivity contribution in [3.8, 4) is 11.1 Å². The molecule has 162 valence electrons. The van der Waals surface area contributed by atoms with Gasteiger partial charge in [-0.15, -0.1) is 0 Å². The topological polar surface area (TPSA) is 119 Å². The molecule has 1 heterocycles. The molecule has 0 unspecified atom stereocenters. The van der Waals surface area contributed by atoms with Crippen LogP contribution in [0.3, 0.4) is 0 Å². The predicted octanol–water partition coefficient (Wildman–Crippen LogP) is 3.78. The van der Waals surface area contributed by atoms with E-state index in [0.29, 0.717) is 16.7 Å². The van der Waals surface area contributed by atoms with Crippen molar-refractivity contribution in [1.29, 1.82) is 0 Å². The molecule has 3 rings (SSSR count). The van der Waals surface area contributed by atoms with Crippen molar-refractivity contribution in [2.24, 2.45) is 10.9 Å². The number of primary sulfonamides is 1. The number of urea groups is 1. The summed E-state index contributed by atoms with van der Waals surface area (Å²) in [5, 5.41) is 5.63. The Labute approximate surface area is 182 Å². The molecule has 8 heteroatoms. The Kier molecular flexibility index (Phi) is 6.15. The van der Waals surface area contributed by atoms with E-state index in [4.69, 9.17) is 10.9 Å². The summed E-state index contributed by atoms with van der Waals surface area (Å²) in [5.74, 6) is 0. The zero-order valence-electron chi connectivity index (χ0n) is 17.7. The summed E-state index contributed by atoms with van der Waals surface area (Å²) in [6, 6.07) is 15.2. The van der Waals surface area contributed by atoms with E-state index in [1.54, 1.807) is 36.7 Å². The summed E-state index contributed by atoms with van der Waals surface area (Å²) >= 11 is 0. The van der Waals surface area contributed by atoms with Crippen LogP contribution in [0.2, 0.25) is 0 Å². The molecule has 4 N–H and O–H groups in total. The molecule has 2 aromatic carbocycles. The van der Waals surface area contributed by atoms with Crippen LogP contribution in [0.5, 0.6) is 0 Å². The molecule has 0 aliphatic heterocycles. The van der Waals surface area contributed by atoms with E-state index in [0.717, 1.165) is 5.56 Å². The molecule has 0 saturated heterocycles. The number of nitrogens with zero attached hydrogens (tertiary/aromatic N) is 2. The zero-order chi connectivity index (χ0) is 22.8. The molecule has 0 spiro atoms. The fraction of sp³-hybridized carbons (Fsp3) is 0.217. The number of pyridine rings is 1. The van der Waals surface area contributed by atoms with Gasteiger partial charge in [-0.3, -0.25) is 9.88 Å². The SMILES string of the molecule is CC(C)(C)c1cccc(-c2cccc(N(Cc3cccnc3)C(N)=O)c2S(N)(=O)=O)c1. The van der Waals surface area contributed by atoms with E-state index in [1.165, 1.54) is 11.0 Å². The predicted molar refractivity (Wildman–Crippen MR) is 122 cm³/mol. The second-order valence-corrected chi connectivity index (χ2v) is 9.81. The van der Waals surface area contributed by atoms with Crippen LogP contribution in [0.1, 0.15) is 31.9 Å². The highest BCUT2D eigenvalue weighted by Crippen LogP contribution is 2.36. The maximum absolute atomic E-state index is 12.7. The maximum Gasteiger partial charge on any atom is 0.319 e. The number of anilines is 1. The first-order chi connectivity index (χ1) is 14.5. The fourth-order valence-electron chi connectivity index (χ4n) is 3.37. The Morgan fingerprint density at radius 1 is 1.06 bits per heavy atom. The van der Waals surface area contributed by atoms with Crippen LogP contribution in [-0.4, -0.2) is 19.4 Å². The first-order valence-electron chi connectivity index (χ1n) is 9.71. The van der Waals surface area contributed by atoms with Crippen LogP contribution in [0.15, 0.2) is 71.9 Å². The standard InChI is InChI=1S/C23H26N4O3S/c1-23(2,3)18-9-4-8-17(13-18)19-10-5-11-20(21(19)31(25,29)30)27(22(24)28)15-16-7-6-12-26-14-16/h4-14H,15H2,1-3H3,(H2,24,28)(H2,25,29,30). The van der Waals surface area contributed by atoms with Gasteiger partial charge in [-0.25, -0.2) is 18.4 Å². The fourth-order valence-corrected chi connectivity index (χ4v) is 4.34. The number of hydrogen-bond donors (Lipinski definition) is 2. The molecule has 31 heavy (non-hydrogen) atoms. The van der Waals surface area contributed by atoms with E-state index in [2.05, 4.69) is 25.8 Å². The Morgan fingerprint density at radius 3 is 2.35 bits per heavy atom. The first kappa shape index (κ1) is 22.5. The number of nitrogens with two attached hydrogens (primary N) is 2. The largest absolute Gasteiger partial charge is 0.351 e. The van der Waals surface area contributed by atoms with Gasteiger partial charge in [0.2, 0.25) is 10.0 Å². The molecule has 7 nitrogen and oxygen atoms in total. The number of carbonyl (C=O) groups excluding carboxylic acids is 1. The number of benzene rings is 2. The van der Waals surface area contributed by atoms with E-state index in [-0.39, 0.29) is 22.5 Å². The third kappa shape index (κ3) is 5.10. The average molecular weight is 439 g/mol. The highest BCUT2D eigenvalue weighted by Gasteiger charge is 2.26. The van der Waals surface area contributed by atoms with Crippen molar-refractivity contribution < 1.29 is 13.2 Å². The van der Waals surface area contributed by atoms with E-state index < -0.39 is 16.1 Å². The summed E-state index contributed by atoms with van der Waals surface area (Å²) in [6.45, 7) is 6.28. The number of hydrogen-bond acceptors (Lipinski definition) is 4. The molecule has 1 aromatic heterocycles. The average Bonchev–Trinajstić information content (AvgIpc) is 2.71. The highest BCUT2D eigenvalue weighted by atomic mass is 32.2. The molecule has 2 amide bonds. The maximum atomic E-state index is 12.7. The van der Waals surface area contributed by atoms with E-state index in [1.807, 2.05) is 24.3 Å². The van der Waals surface area contributed by atoms with Crippen molar-refractivity contribution >= 4 is 21.7 Å². The van der Waals surface area contributed by atoms with Crippen LogP contribution >= 0.6 is 0 Å². The minimum atomic E-state index is -4.20. The summed E-state index contributed by atoms with van der Waals surface area (Å²) in [5.41, 5.74) is 8.45. The molecule has 0 fully saturated rings. The number of sulfonamides is 1. The van der Waals surface area contributed by atoms with Crippen molar-refractivity contribution in [3.63, 3.8) is 0 Å². The minimum Gasteiger partial charge on any atom is -0.351 e. The van der Waals surface area contributed by atoms with Gasteiger partial charge in [-0.1, -0.05) is 63.2 Å². The number of carbonyl (C=O) groups is 1. The van der Waals surface area contributed by atoms with Crippen molar-refractivity contribution in [1.82, 2.24) is 4.98 Å². The third-order valence-electron chi connectivity index (χ3n) is 4.94. The van der Waals surface area contributed by atoms with Gasteiger partial charge < -0.3 is 5.73 Å². The Hall–Kier alpha value is -3.23. The van der Waals surface area contributed by atoms with Gasteiger partial charge in [0.1, 0.15) is 4.90 Å². The van der Waals surface area contributed by atoms with E-state index in [9.17, 15) is 13.2 Å². The Bertz CT molecular complexity index is 1200. The highest BCUT2D eigenvalue weighted by molar-refractivity contribution is 7.89. The van der Waals surface area contributed by atoms with Crippen molar-refractivity contribution in [2.45, 2.75) is 37.6 Å². The number of amides is 2. The molecular weight excluding hydrogens is 412 g/mol. The second kappa shape index (κ2) is 8.49. The quantitative estimate of drug-likeness (QED) is 0.630. The second-order valence-electron chi connectivity index (χ2n) is 8.32. The van der Waals surface area contributed by atoms with Gasteiger partial charge in [-0.05, 0) is 34.2 Å². The molecule has 0 aliphatic carbocycles. The summed E-state index contributed by atoms with van der Waals surface area (Å²) in [4.78, 5) is 17.4. The lowest BCUT2D eigenvalue weighted by Gasteiger charge is -2.25. The van der Waals surface area contributed by atoms with Crippen LogP contribution in [0.4, 0.5) is 10.5 Å². The van der Waals surface area contributed by atoms with Crippen molar-refractivity contribution in [2.75, 3.05) is 4.90 Å². The molecule has 0 aliphatic rings. The first-order valence-corrected chi connectivity index (χ1v) is 11.3. The van der Waals surface area contributed by atoms with Gasteiger partial charge in [-0.2, -0.15) is 0 Å². The monoisotopic (exact) mass is 438 g/mol. The normalized spacial score (nSPS) is 11.9. The number of aromatic nitrogens is 1. The summed E-state index contributed by atoms with van der Waals surface area (Å²) < 4.78 is 25.4. The zero-order valence-corrected chi connectivity index (χ0v) is 18.6. The van der Waals surface area contributed by atoms with Gasteiger partial charge in [0, 0.05) is 18.0 Å². The molecule has 3 aromatic rings. The van der Waals surface area contributed by atoms with Crippen LogP contribution in [0.25, 0.3) is 11.1 Å². The molecule has 0 saturated carbocycles. The lowest BCUT2D eigenvalue weighted by atomic mass is 9.85. The number of primary amides is 1. The molecular formula is C23H26N4O3S. The third-order valence-corrected chi connectivity index (χ3v) is 5.94. The van der Waals surface area contributed by atoms with Crippen LogP contribution < -0.4 is 15.8 Å². The minimum absolute atomic E-state index is 0.0528. The smallest absolute Gasteiger partial charge is 0.319 e. The molecule has 0 bridgehead atoms. The van der Waals surface area contributed by atoms with Gasteiger partial charge in [0.15, 0.2) is 0 Å². The lowest BCUT2D eigenvalue weighted by molar-refractivity contribution is 0.253. The van der Waals surface area contributed by atoms with E-state index >= 15 is 0 Å². The van der Waals surface area contributed by atoms with Gasteiger partial charge in [0.25, 0.3) is 0 Å². The lowest BCUT2D eigenvalue weighted by Crippen LogP contribution is -2.36. The summed E-state index contributed by atoms with van der Waals surface area (Å²) in [7, 11) is -4.20. The van der Waals surface area contributed by atoms with Gasteiger partial charge >= 0.3 is 6.03 Å². The summed E-state index contributed by atoms with van der Waals surface area (Å²) in [6.07, 6.45) is 3.19. The Morgan fingerprint density at radius 2 is 1.77 bits per heavy atom. The van der Waals surface area contributed by atoms with Crippen LogP contribution in [0, 0.1) is 0 Å². The molecule has 0 radical (unpaired) electrons. The van der Waals surface area contributed by atoms with Crippen LogP contribution in [-0.2, 0) is 22.0 Å². The molecule has 0 atom stereocenters. The van der Waals surface area contributed by atoms with Gasteiger partial charge in [0.05, 0.1) is 12.2 Å². The Balaban J connectivity index is 2.23. The van der Waals surface area contributed by atoms with Crippen molar-refractivity contribution in [3.05, 3.63) is 78.1 Å². The number of rotatable bonds is 5.